The quantitative estimate of drug-likeness (QED) is 0.653. The number of hydrogen-bond donors (Lipinski definition) is 0. The fourth-order valence-corrected chi connectivity index (χ4v) is 1.07. The predicted octanol–water partition coefficient (Wildman–Crippen LogP) is 2.28. The minimum absolute atomic E-state index is 0.0219. The van der Waals surface area contributed by atoms with Crippen molar-refractivity contribution in [2.75, 3.05) is 20.3 Å². The normalized spacial score (nSPS) is 9.86. The van der Waals surface area contributed by atoms with Gasteiger partial charge in [0.25, 0.3) is 0 Å². The van der Waals surface area contributed by atoms with Crippen LogP contribution >= 0.6 is 0 Å². The van der Waals surface area contributed by atoms with Crippen molar-refractivity contribution in [2.24, 2.45) is 0 Å². The predicted molar refractivity (Wildman–Crippen MR) is 53.3 cm³/mol. The fourth-order valence-electron chi connectivity index (χ4n) is 1.07. The summed E-state index contributed by atoms with van der Waals surface area (Å²) in [5.41, 5.74) is 0. The third-order valence-corrected chi connectivity index (χ3v) is 1.87. The standard InChI is InChI=1S/C11H15O3/c1-13-10-4-6-11(7-5-10)14-9-3-2-8-12/h4-7H,2-3,8-9H2,1H3. The second kappa shape index (κ2) is 6.27. The monoisotopic (exact) mass is 195 g/mol. The molecule has 0 aliphatic carbocycles. The number of hydrogen-bond acceptors (Lipinski definition) is 2. The molecule has 0 aliphatic heterocycles. The molecule has 3 nitrogen and oxygen atoms in total. The van der Waals surface area contributed by atoms with Crippen LogP contribution in [0.2, 0.25) is 0 Å². The van der Waals surface area contributed by atoms with E-state index in [1.54, 1.807) is 7.11 Å². The highest BCUT2D eigenvalue weighted by atomic mass is 16.5. The minimum atomic E-state index is -0.0219. The lowest BCUT2D eigenvalue weighted by Gasteiger charge is -2.05. The Balaban J connectivity index is 2.29. The Labute approximate surface area is 84.3 Å². The molecule has 0 saturated heterocycles. The second-order valence-electron chi connectivity index (χ2n) is 2.94. The first-order valence-corrected chi connectivity index (χ1v) is 4.72. The molecule has 0 aliphatic rings. The van der Waals surface area contributed by atoms with Crippen LogP contribution in [0.15, 0.2) is 24.3 Å². The molecular weight excluding hydrogens is 180 g/mol. The first-order chi connectivity index (χ1) is 6.86. The lowest BCUT2D eigenvalue weighted by atomic mass is 10.3. The van der Waals surface area contributed by atoms with Crippen molar-refractivity contribution in [3.8, 4) is 11.5 Å². The molecule has 1 radical (unpaired) electrons. The molecular formula is C11H15O3. The van der Waals surface area contributed by atoms with Crippen LogP contribution in [0, 0.1) is 0 Å². The third-order valence-electron chi connectivity index (χ3n) is 1.87. The second-order valence-corrected chi connectivity index (χ2v) is 2.94. The Hall–Kier alpha value is -1.22. The Morgan fingerprint density at radius 1 is 1.07 bits per heavy atom. The van der Waals surface area contributed by atoms with Crippen LogP contribution < -0.4 is 9.47 Å². The summed E-state index contributed by atoms with van der Waals surface area (Å²) < 4.78 is 10.4. The van der Waals surface area contributed by atoms with Gasteiger partial charge in [0.1, 0.15) is 11.5 Å². The molecule has 1 rings (SSSR count). The Morgan fingerprint density at radius 3 is 2.29 bits per heavy atom. The molecule has 0 fully saturated rings. The Kier molecular flexibility index (Phi) is 4.86. The van der Waals surface area contributed by atoms with Gasteiger partial charge in [0, 0.05) is 0 Å². The first kappa shape index (κ1) is 10.9. The SMILES string of the molecule is COc1ccc(OCCCC[O])cc1. The van der Waals surface area contributed by atoms with Crippen molar-refractivity contribution in [1.29, 1.82) is 0 Å². The van der Waals surface area contributed by atoms with Gasteiger partial charge in [-0.15, -0.1) is 0 Å². The molecule has 0 unspecified atom stereocenters. The van der Waals surface area contributed by atoms with E-state index >= 15 is 0 Å². The molecule has 0 atom stereocenters. The zero-order chi connectivity index (χ0) is 10.2. The summed E-state index contributed by atoms with van der Waals surface area (Å²) in [4.78, 5) is 0. The van der Waals surface area contributed by atoms with Gasteiger partial charge in [-0.3, -0.25) is 0 Å². The number of unbranched alkanes of at least 4 members (excludes halogenated alkanes) is 1. The van der Waals surface area contributed by atoms with E-state index in [2.05, 4.69) is 0 Å². The molecule has 0 amide bonds. The van der Waals surface area contributed by atoms with Crippen LogP contribution in [-0.2, 0) is 5.11 Å². The van der Waals surface area contributed by atoms with Crippen LogP contribution in [0.3, 0.4) is 0 Å². The highest BCUT2D eigenvalue weighted by molar-refractivity contribution is 5.30. The summed E-state index contributed by atoms with van der Waals surface area (Å²) in [5.74, 6) is 1.63. The van der Waals surface area contributed by atoms with Crippen LogP contribution in [0.5, 0.6) is 11.5 Å². The van der Waals surface area contributed by atoms with Gasteiger partial charge in [0.2, 0.25) is 0 Å². The summed E-state index contributed by atoms with van der Waals surface area (Å²) in [6, 6.07) is 7.41. The molecule has 0 spiro atoms. The smallest absolute Gasteiger partial charge is 0.119 e. The lowest BCUT2D eigenvalue weighted by Crippen LogP contribution is -1.98. The summed E-state index contributed by atoms with van der Waals surface area (Å²) in [5, 5.41) is 10.2. The number of benzene rings is 1. The van der Waals surface area contributed by atoms with Gasteiger partial charge in [-0.25, -0.2) is 5.11 Å². The largest absolute Gasteiger partial charge is 0.497 e. The first-order valence-electron chi connectivity index (χ1n) is 4.72. The summed E-state index contributed by atoms with van der Waals surface area (Å²) in [6.45, 7) is 0.584. The maximum atomic E-state index is 10.2. The average molecular weight is 195 g/mol. The van der Waals surface area contributed by atoms with Gasteiger partial charge < -0.3 is 9.47 Å². The lowest BCUT2D eigenvalue weighted by molar-refractivity contribution is 0.178. The maximum absolute atomic E-state index is 10.2. The highest BCUT2D eigenvalue weighted by Crippen LogP contribution is 2.17. The third kappa shape index (κ3) is 3.66. The molecule has 0 N–H and O–H groups in total. The van der Waals surface area contributed by atoms with Gasteiger partial charge in [0.05, 0.1) is 20.3 Å². The van der Waals surface area contributed by atoms with Crippen molar-refractivity contribution in [3.63, 3.8) is 0 Å². The van der Waals surface area contributed by atoms with E-state index in [1.807, 2.05) is 24.3 Å². The summed E-state index contributed by atoms with van der Waals surface area (Å²) in [7, 11) is 1.63. The average Bonchev–Trinajstić information content (AvgIpc) is 2.25. The van der Waals surface area contributed by atoms with Crippen molar-refractivity contribution in [2.45, 2.75) is 12.8 Å². The van der Waals surface area contributed by atoms with Crippen LogP contribution in [0.4, 0.5) is 0 Å². The van der Waals surface area contributed by atoms with Crippen molar-refractivity contribution < 1.29 is 14.6 Å². The Bertz CT molecular complexity index is 243. The van der Waals surface area contributed by atoms with E-state index in [0.717, 1.165) is 17.9 Å². The zero-order valence-corrected chi connectivity index (χ0v) is 8.36. The van der Waals surface area contributed by atoms with E-state index in [-0.39, 0.29) is 6.61 Å². The molecule has 14 heavy (non-hydrogen) atoms. The van der Waals surface area contributed by atoms with E-state index in [1.165, 1.54) is 0 Å². The molecule has 1 aromatic rings. The van der Waals surface area contributed by atoms with Gasteiger partial charge in [0.15, 0.2) is 0 Å². The summed E-state index contributed by atoms with van der Waals surface area (Å²) >= 11 is 0. The maximum Gasteiger partial charge on any atom is 0.119 e. The van der Waals surface area contributed by atoms with Gasteiger partial charge >= 0.3 is 0 Å². The van der Waals surface area contributed by atoms with Crippen LogP contribution in [-0.4, -0.2) is 20.3 Å². The highest BCUT2D eigenvalue weighted by Gasteiger charge is 1.94. The van der Waals surface area contributed by atoms with Crippen molar-refractivity contribution in [3.05, 3.63) is 24.3 Å². The number of methoxy groups -OCH3 is 1. The molecule has 0 saturated carbocycles. The molecule has 0 heterocycles. The van der Waals surface area contributed by atoms with Gasteiger partial charge in [-0.05, 0) is 37.1 Å². The van der Waals surface area contributed by atoms with Gasteiger partial charge in [-0.2, -0.15) is 0 Å². The molecule has 1 aromatic carbocycles. The molecule has 0 aromatic heterocycles. The zero-order valence-electron chi connectivity index (χ0n) is 8.36. The van der Waals surface area contributed by atoms with Crippen LogP contribution in [0.25, 0.3) is 0 Å². The van der Waals surface area contributed by atoms with E-state index in [4.69, 9.17) is 9.47 Å². The number of rotatable bonds is 6. The minimum Gasteiger partial charge on any atom is -0.497 e. The molecule has 0 bridgehead atoms. The fraction of sp³-hybridized carbons (Fsp3) is 0.455. The molecule has 77 valence electrons. The van der Waals surface area contributed by atoms with Crippen molar-refractivity contribution >= 4 is 0 Å². The van der Waals surface area contributed by atoms with Crippen LogP contribution in [0.1, 0.15) is 12.8 Å². The topological polar surface area (TPSA) is 38.4 Å². The van der Waals surface area contributed by atoms with Crippen molar-refractivity contribution in [1.82, 2.24) is 0 Å². The molecule has 3 heteroatoms. The van der Waals surface area contributed by atoms with E-state index in [0.29, 0.717) is 13.0 Å². The van der Waals surface area contributed by atoms with Gasteiger partial charge in [-0.1, -0.05) is 0 Å². The number of ether oxygens (including phenoxy) is 2. The van der Waals surface area contributed by atoms with E-state index in [9.17, 15) is 5.11 Å². The van der Waals surface area contributed by atoms with E-state index < -0.39 is 0 Å². The Morgan fingerprint density at radius 2 is 1.71 bits per heavy atom. The summed E-state index contributed by atoms with van der Waals surface area (Å²) in [6.07, 6.45) is 1.49.